The smallest absolute Gasteiger partial charge is 0.202 e. The van der Waals surface area contributed by atoms with E-state index in [1.54, 1.807) is 12.3 Å². The zero-order valence-electron chi connectivity index (χ0n) is 15.7. The fourth-order valence-corrected chi connectivity index (χ4v) is 3.84. The molecule has 1 saturated heterocycles. The van der Waals surface area contributed by atoms with Gasteiger partial charge in [0.2, 0.25) is 5.95 Å². The number of hydrogen-bond acceptors (Lipinski definition) is 5. The predicted octanol–water partition coefficient (Wildman–Crippen LogP) is 2.76. The number of fused-ring (bicyclic) bond motifs is 1. The molecule has 0 atom stereocenters. The summed E-state index contributed by atoms with van der Waals surface area (Å²) in [6.45, 7) is 3.56. The Morgan fingerprint density at radius 2 is 1.93 bits per heavy atom. The molecule has 0 spiro atoms. The third kappa shape index (κ3) is 3.23. The highest BCUT2D eigenvalue weighted by atomic mass is 19.1. The normalized spacial score (nSPS) is 15.9. The number of aromatic nitrogens is 2. The molecule has 1 fully saturated rings. The molecule has 0 unspecified atom stereocenters. The monoisotopic (exact) mass is 390 g/mol. The van der Waals surface area contributed by atoms with Crippen molar-refractivity contribution in [3.05, 3.63) is 81.7 Å². The summed E-state index contributed by atoms with van der Waals surface area (Å²) in [5, 5.41) is 0. The Labute approximate surface area is 166 Å². The van der Waals surface area contributed by atoms with Gasteiger partial charge in [-0.15, -0.1) is 0 Å². The highest BCUT2D eigenvalue weighted by molar-refractivity contribution is 6.15. The second-order valence-electron chi connectivity index (χ2n) is 7.07. The topological polar surface area (TPSA) is 70.6 Å². The first-order valence-electron chi connectivity index (χ1n) is 9.55. The van der Waals surface area contributed by atoms with Crippen molar-refractivity contribution >= 4 is 11.5 Å². The molecule has 2 aliphatic rings. The van der Waals surface area contributed by atoms with Crippen molar-refractivity contribution in [2.75, 3.05) is 31.2 Å². The summed E-state index contributed by atoms with van der Waals surface area (Å²) >= 11 is 0. The van der Waals surface area contributed by atoms with Crippen LogP contribution >= 0.6 is 0 Å². The lowest BCUT2D eigenvalue weighted by Crippen LogP contribution is -2.36. The van der Waals surface area contributed by atoms with Crippen molar-refractivity contribution in [3.8, 4) is 11.1 Å². The summed E-state index contributed by atoms with van der Waals surface area (Å²) < 4.78 is 19.7. The molecular formula is C22H19FN4O2. The van der Waals surface area contributed by atoms with E-state index in [1.807, 2.05) is 24.3 Å². The lowest BCUT2D eigenvalue weighted by Gasteiger charge is -2.28. The number of nitrogens with one attached hydrogen (secondary N) is 1. The Bertz CT molecular complexity index is 1170. The minimum atomic E-state index is -0.632. The van der Waals surface area contributed by atoms with Gasteiger partial charge in [-0.2, -0.15) is 4.39 Å². The molecule has 0 saturated carbocycles. The number of nitrogens with zero attached hydrogens (tertiary/aromatic N) is 3. The third-order valence-electron chi connectivity index (χ3n) is 5.33. The van der Waals surface area contributed by atoms with Crippen molar-refractivity contribution in [1.82, 2.24) is 9.97 Å². The predicted molar refractivity (Wildman–Crippen MR) is 109 cm³/mol. The second kappa shape index (κ2) is 7.25. The average molecular weight is 390 g/mol. The standard InChI is InChI=1S/C22H19FN4O2/c23-22-20(18(28)4-6-25-22)14-1-2-16-13-26-21(17(16)11-14)15-3-5-24-19(12-15)27-7-9-29-10-8-27/h1-6,11-12H,7-10,13H2,(H,25,28). The lowest BCUT2D eigenvalue weighted by molar-refractivity contribution is 0.122. The highest BCUT2D eigenvalue weighted by Crippen LogP contribution is 2.29. The molecule has 3 aromatic rings. The van der Waals surface area contributed by atoms with Gasteiger partial charge in [-0.25, -0.2) is 4.98 Å². The first kappa shape index (κ1) is 17.8. The Hall–Kier alpha value is -3.32. The lowest BCUT2D eigenvalue weighted by atomic mass is 9.96. The molecule has 1 aromatic carbocycles. The average Bonchev–Trinajstić information content (AvgIpc) is 3.18. The van der Waals surface area contributed by atoms with Crippen LogP contribution in [0.4, 0.5) is 10.2 Å². The highest BCUT2D eigenvalue weighted by Gasteiger charge is 2.21. The number of pyridine rings is 2. The van der Waals surface area contributed by atoms with Crippen LogP contribution in [-0.4, -0.2) is 42.0 Å². The number of morpholine rings is 1. The zero-order valence-corrected chi connectivity index (χ0v) is 15.7. The van der Waals surface area contributed by atoms with Gasteiger partial charge in [0.1, 0.15) is 5.82 Å². The SMILES string of the molecule is O=c1cc[nH]c(F)c1-c1ccc2c(c1)C(c1ccnc(N3CCOCC3)c1)=NC2. The van der Waals surface area contributed by atoms with Crippen LogP contribution < -0.4 is 10.3 Å². The Morgan fingerprint density at radius 1 is 1.07 bits per heavy atom. The quantitative estimate of drug-likeness (QED) is 0.698. The fourth-order valence-electron chi connectivity index (χ4n) is 3.84. The number of H-pyrrole nitrogens is 1. The molecule has 0 amide bonds. The summed E-state index contributed by atoms with van der Waals surface area (Å²) in [4.78, 5) is 26.1. The van der Waals surface area contributed by atoms with Crippen LogP contribution in [0.1, 0.15) is 16.7 Å². The van der Waals surface area contributed by atoms with Gasteiger partial charge in [-0.05, 0) is 29.3 Å². The van der Waals surface area contributed by atoms with E-state index in [-0.39, 0.29) is 11.0 Å². The number of anilines is 1. The van der Waals surface area contributed by atoms with Crippen LogP contribution in [0.3, 0.4) is 0 Å². The van der Waals surface area contributed by atoms with Crippen molar-refractivity contribution in [1.29, 1.82) is 0 Å². The summed E-state index contributed by atoms with van der Waals surface area (Å²) in [6, 6.07) is 10.8. The largest absolute Gasteiger partial charge is 0.378 e. The molecule has 7 heteroatoms. The van der Waals surface area contributed by atoms with Crippen LogP contribution in [-0.2, 0) is 11.3 Å². The van der Waals surface area contributed by atoms with Gasteiger partial charge in [-0.1, -0.05) is 12.1 Å². The fraction of sp³-hybridized carbons (Fsp3) is 0.227. The molecular weight excluding hydrogens is 371 g/mol. The molecule has 4 heterocycles. The second-order valence-corrected chi connectivity index (χ2v) is 7.07. The van der Waals surface area contributed by atoms with E-state index in [9.17, 15) is 9.18 Å². The van der Waals surface area contributed by atoms with Gasteiger partial charge in [0.15, 0.2) is 5.43 Å². The Balaban J connectivity index is 1.54. The minimum Gasteiger partial charge on any atom is -0.378 e. The van der Waals surface area contributed by atoms with E-state index in [4.69, 9.17) is 9.73 Å². The van der Waals surface area contributed by atoms with E-state index in [0.717, 1.165) is 41.3 Å². The number of aromatic amines is 1. The molecule has 5 rings (SSSR count). The van der Waals surface area contributed by atoms with E-state index < -0.39 is 5.95 Å². The van der Waals surface area contributed by atoms with Crippen LogP contribution in [0.25, 0.3) is 11.1 Å². The first-order chi connectivity index (χ1) is 14.2. The van der Waals surface area contributed by atoms with Crippen molar-refractivity contribution in [2.45, 2.75) is 6.54 Å². The first-order valence-corrected chi connectivity index (χ1v) is 9.55. The number of ether oxygens (including phenoxy) is 1. The third-order valence-corrected chi connectivity index (χ3v) is 5.33. The Morgan fingerprint density at radius 3 is 2.76 bits per heavy atom. The maximum absolute atomic E-state index is 14.3. The molecule has 29 heavy (non-hydrogen) atoms. The van der Waals surface area contributed by atoms with Gasteiger partial charge in [-0.3, -0.25) is 9.79 Å². The summed E-state index contributed by atoms with van der Waals surface area (Å²) in [5.41, 5.74) is 4.01. The number of benzene rings is 1. The minimum absolute atomic E-state index is 0.0466. The van der Waals surface area contributed by atoms with E-state index in [2.05, 4.69) is 14.9 Å². The van der Waals surface area contributed by atoms with Crippen LogP contribution in [0.5, 0.6) is 0 Å². The van der Waals surface area contributed by atoms with Gasteiger partial charge >= 0.3 is 0 Å². The Kier molecular flexibility index (Phi) is 4.44. The van der Waals surface area contributed by atoms with Crippen molar-refractivity contribution in [3.63, 3.8) is 0 Å². The summed E-state index contributed by atoms with van der Waals surface area (Å²) in [5.74, 6) is 0.260. The number of hydrogen-bond donors (Lipinski definition) is 1. The molecule has 0 aliphatic carbocycles. The van der Waals surface area contributed by atoms with Crippen LogP contribution in [0.2, 0.25) is 0 Å². The summed E-state index contributed by atoms with van der Waals surface area (Å²) in [7, 11) is 0. The number of aliphatic imine (C=N–C) groups is 1. The number of rotatable bonds is 3. The zero-order chi connectivity index (χ0) is 19.8. The molecule has 2 aliphatic heterocycles. The number of halogens is 1. The molecule has 0 radical (unpaired) electrons. The van der Waals surface area contributed by atoms with Gasteiger partial charge in [0.05, 0.1) is 31.0 Å². The van der Waals surface area contributed by atoms with Crippen molar-refractivity contribution in [2.24, 2.45) is 4.99 Å². The van der Waals surface area contributed by atoms with Crippen molar-refractivity contribution < 1.29 is 9.13 Å². The summed E-state index contributed by atoms with van der Waals surface area (Å²) in [6.07, 6.45) is 3.09. The van der Waals surface area contributed by atoms with E-state index >= 15 is 0 Å². The molecule has 1 N–H and O–H groups in total. The van der Waals surface area contributed by atoms with Gasteiger partial charge < -0.3 is 14.6 Å². The molecule has 2 aromatic heterocycles. The maximum atomic E-state index is 14.3. The van der Waals surface area contributed by atoms with Crippen LogP contribution in [0.15, 0.2) is 58.6 Å². The van der Waals surface area contributed by atoms with E-state index in [1.165, 1.54) is 12.3 Å². The molecule has 146 valence electrons. The van der Waals surface area contributed by atoms with Gasteiger partial charge in [0.25, 0.3) is 0 Å². The molecule has 6 nitrogen and oxygen atoms in total. The maximum Gasteiger partial charge on any atom is 0.202 e. The molecule has 0 bridgehead atoms. The van der Waals surface area contributed by atoms with E-state index in [0.29, 0.717) is 25.3 Å². The van der Waals surface area contributed by atoms with Gasteiger partial charge in [0, 0.05) is 42.7 Å². The van der Waals surface area contributed by atoms with Crippen LogP contribution in [0, 0.1) is 5.95 Å².